The maximum atomic E-state index is 6.15. The van der Waals surface area contributed by atoms with E-state index in [1.807, 2.05) is 25.3 Å². The molecule has 32 heavy (non-hydrogen) atoms. The van der Waals surface area contributed by atoms with Crippen molar-refractivity contribution in [1.82, 2.24) is 4.90 Å². The second kappa shape index (κ2) is 8.57. The summed E-state index contributed by atoms with van der Waals surface area (Å²) in [5, 5.41) is 0. The summed E-state index contributed by atoms with van der Waals surface area (Å²) >= 11 is 0. The topological polar surface area (TPSA) is 54.8 Å². The number of nitrogens with two attached hydrogens (primary N) is 1. The number of aryl methyl sites for hydroxylation is 1. The fraction of sp³-hybridized carbons (Fsp3) is 0.750. The molecule has 4 rings (SSSR count). The van der Waals surface area contributed by atoms with Crippen molar-refractivity contribution in [2.24, 2.45) is 44.7 Å². The van der Waals surface area contributed by atoms with Crippen molar-refractivity contribution in [1.29, 1.82) is 0 Å². The Hall–Kier alpha value is -1.71. The molecule has 0 unspecified atom stereocenters. The zero-order valence-electron chi connectivity index (χ0n) is 21.3. The van der Waals surface area contributed by atoms with E-state index in [9.17, 15) is 0 Å². The number of fused-ring (bicyclic) bond motifs is 3. The van der Waals surface area contributed by atoms with E-state index in [0.717, 1.165) is 24.7 Å². The molecule has 0 aliphatic heterocycles. The van der Waals surface area contributed by atoms with Gasteiger partial charge in [-0.15, -0.1) is 0 Å². The van der Waals surface area contributed by atoms with Crippen LogP contribution in [0.25, 0.3) is 0 Å². The maximum absolute atomic E-state index is 6.15. The van der Waals surface area contributed by atoms with Gasteiger partial charge in [-0.05, 0) is 103 Å². The summed E-state index contributed by atoms with van der Waals surface area (Å²) in [6, 6.07) is 2.12. The third-order valence-corrected chi connectivity index (χ3v) is 9.93. The van der Waals surface area contributed by atoms with Crippen LogP contribution in [-0.2, 0) is 6.42 Å². The van der Waals surface area contributed by atoms with Gasteiger partial charge in [0.25, 0.3) is 0 Å². The molecule has 3 aliphatic carbocycles. The minimum absolute atomic E-state index is 0.328. The van der Waals surface area contributed by atoms with Gasteiger partial charge in [-0.2, -0.15) is 0 Å². The van der Waals surface area contributed by atoms with E-state index in [-0.39, 0.29) is 0 Å². The number of hydrogen-bond donors (Lipinski definition) is 1. The Morgan fingerprint density at radius 3 is 2.59 bits per heavy atom. The summed E-state index contributed by atoms with van der Waals surface area (Å²) in [6.45, 7) is 10.4. The molecular weight excluding hydrogens is 394 g/mol. The maximum Gasteiger partial charge on any atom is 0.195 e. The van der Waals surface area contributed by atoms with Gasteiger partial charge in [0, 0.05) is 20.3 Å². The Morgan fingerprint density at radius 2 is 1.91 bits per heavy atom. The monoisotopic (exact) mass is 439 g/mol. The van der Waals surface area contributed by atoms with Crippen LogP contribution < -0.4 is 5.73 Å². The van der Waals surface area contributed by atoms with Gasteiger partial charge < -0.3 is 15.1 Å². The van der Waals surface area contributed by atoms with Crippen molar-refractivity contribution in [3.05, 3.63) is 35.9 Å². The van der Waals surface area contributed by atoms with Crippen LogP contribution >= 0.6 is 0 Å². The van der Waals surface area contributed by atoms with Gasteiger partial charge in [-0.25, -0.2) is 4.99 Å². The number of aliphatic imine (C=N–C) groups is 1. The fourth-order valence-electron chi connectivity index (χ4n) is 8.35. The standard InChI is InChI=1S/C28H45N3O/c1-26(2)14-7-15-28(4)23(26)12-16-27(3)22(10-8-20-13-17-32-19-20)21(9-11-24(27)28)18-30-25(29)31(5)6/h13,17-19,22-24H,7-12,14-16H2,1-6H3,(H2,29,30)/t22-,23-,24-,27-,28+/m1/s1. The van der Waals surface area contributed by atoms with Crippen molar-refractivity contribution in [3.8, 4) is 0 Å². The van der Waals surface area contributed by atoms with E-state index in [2.05, 4.69) is 45.0 Å². The number of rotatable bonds is 4. The van der Waals surface area contributed by atoms with Crippen LogP contribution in [-0.4, -0.2) is 25.0 Å². The lowest BCUT2D eigenvalue weighted by atomic mass is 9.39. The average Bonchev–Trinajstić information content (AvgIpc) is 3.23. The number of hydrogen-bond acceptors (Lipinski definition) is 2. The van der Waals surface area contributed by atoms with Crippen molar-refractivity contribution in [2.45, 2.75) is 85.5 Å². The molecule has 4 heteroatoms. The molecule has 1 aromatic rings. The molecule has 3 fully saturated rings. The first-order valence-corrected chi connectivity index (χ1v) is 12.8. The number of furan rings is 1. The average molecular weight is 440 g/mol. The molecule has 0 radical (unpaired) electrons. The number of nitrogens with zero attached hydrogens (tertiary/aromatic N) is 2. The summed E-state index contributed by atoms with van der Waals surface area (Å²) in [5.41, 5.74) is 10.2. The highest BCUT2D eigenvalue weighted by Crippen LogP contribution is 2.69. The summed E-state index contributed by atoms with van der Waals surface area (Å²) in [5.74, 6) is 2.78. The molecular formula is C28H45N3O. The third-order valence-electron chi connectivity index (χ3n) is 9.93. The SMILES string of the molecule is CN(C)C(N)=NC=C1CC[C@@H]2[C@](C)(CC[C@@H]3C(C)(C)CCC[C@]23C)[C@@H]1CCc1ccoc1. The highest BCUT2D eigenvalue weighted by molar-refractivity contribution is 5.78. The fourth-order valence-corrected chi connectivity index (χ4v) is 8.35. The third kappa shape index (κ3) is 4.03. The molecule has 0 amide bonds. The minimum atomic E-state index is 0.328. The van der Waals surface area contributed by atoms with Crippen molar-refractivity contribution < 1.29 is 4.42 Å². The van der Waals surface area contributed by atoms with Crippen LogP contribution in [0.5, 0.6) is 0 Å². The van der Waals surface area contributed by atoms with Crippen LogP contribution in [0.15, 0.2) is 39.8 Å². The quantitative estimate of drug-likeness (QED) is 0.423. The van der Waals surface area contributed by atoms with E-state index in [1.54, 1.807) is 6.26 Å². The first-order chi connectivity index (χ1) is 15.1. The first-order valence-electron chi connectivity index (χ1n) is 12.8. The van der Waals surface area contributed by atoms with Crippen molar-refractivity contribution >= 4 is 5.96 Å². The first kappa shape index (κ1) is 23.4. The molecule has 3 aliphatic rings. The molecule has 0 spiro atoms. The van der Waals surface area contributed by atoms with E-state index >= 15 is 0 Å². The molecule has 1 aromatic heterocycles. The van der Waals surface area contributed by atoms with Gasteiger partial charge in [0.15, 0.2) is 5.96 Å². The smallest absolute Gasteiger partial charge is 0.195 e. The van der Waals surface area contributed by atoms with E-state index < -0.39 is 0 Å². The van der Waals surface area contributed by atoms with E-state index in [0.29, 0.717) is 28.1 Å². The van der Waals surface area contributed by atoms with Gasteiger partial charge in [0.05, 0.1) is 12.5 Å². The summed E-state index contributed by atoms with van der Waals surface area (Å²) in [6.07, 6.45) is 17.4. The predicted octanol–water partition coefficient (Wildman–Crippen LogP) is 6.63. The zero-order chi connectivity index (χ0) is 23.1. The van der Waals surface area contributed by atoms with Gasteiger partial charge in [-0.1, -0.05) is 34.1 Å². The van der Waals surface area contributed by atoms with E-state index in [4.69, 9.17) is 10.2 Å². The lowest BCUT2D eigenvalue weighted by Crippen LogP contribution is -2.58. The number of allylic oxidation sites excluding steroid dienone is 1. The molecule has 3 saturated carbocycles. The second-order valence-electron chi connectivity index (χ2n) is 12.3. The van der Waals surface area contributed by atoms with Crippen molar-refractivity contribution in [2.75, 3.05) is 14.1 Å². The Bertz CT molecular complexity index is 852. The summed E-state index contributed by atoms with van der Waals surface area (Å²) < 4.78 is 5.37. The van der Waals surface area contributed by atoms with Crippen LogP contribution in [0.1, 0.15) is 84.6 Å². The second-order valence-corrected chi connectivity index (χ2v) is 12.3. The Balaban J connectivity index is 1.68. The summed E-state index contributed by atoms with van der Waals surface area (Å²) in [4.78, 5) is 6.56. The predicted molar refractivity (Wildman–Crippen MR) is 133 cm³/mol. The highest BCUT2D eigenvalue weighted by atomic mass is 16.3. The van der Waals surface area contributed by atoms with Crippen LogP contribution in [0.4, 0.5) is 0 Å². The molecule has 0 aromatic carbocycles. The Morgan fingerprint density at radius 1 is 1.12 bits per heavy atom. The normalized spacial score (nSPS) is 38.2. The van der Waals surface area contributed by atoms with Crippen LogP contribution in [0, 0.1) is 34.0 Å². The molecule has 5 atom stereocenters. The molecule has 0 saturated heterocycles. The van der Waals surface area contributed by atoms with E-state index in [1.165, 1.54) is 56.1 Å². The van der Waals surface area contributed by atoms with Gasteiger partial charge >= 0.3 is 0 Å². The summed E-state index contributed by atoms with van der Waals surface area (Å²) in [7, 11) is 3.91. The van der Waals surface area contributed by atoms with Crippen LogP contribution in [0.3, 0.4) is 0 Å². The van der Waals surface area contributed by atoms with Crippen molar-refractivity contribution in [3.63, 3.8) is 0 Å². The lowest BCUT2D eigenvalue weighted by molar-refractivity contribution is -0.153. The molecule has 1 heterocycles. The van der Waals surface area contributed by atoms with Gasteiger partial charge in [0.2, 0.25) is 0 Å². The molecule has 4 nitrogen and oxygen atoms in total. The van der Waals surface area contributed by atoms with Gasteiger partial charge in [0.1, 0.15) is 0 Å². The molecule has 2 N–H and O–H groups in total. The Kier molecular flexibility index (Phi) is 6.28. The largest absolute Gasteiger partial charge is 0.472 e. The Labute approximate surface area is 195 Å². The highest BCUT2D eigenvalue weighted by Gasteiger charge is 2.61. The minimum Gasteiger partial charge on any atom is -0.472 e. The molecule has 0 bridgehead atoms. The number of guanidine groups is 1. The van der Waals surface area contributed by atoms with Gasteiger partial charge in [-0.3, -0.25) is 0 Å². The van der Waals surface area contributed by atoms with Crippen LogP contribution in [0.2, 0.25) is 0 Å². The molecule has 178 valence electrons. The zero-order valence-corrected chi connectivity index (χ0v) is 21.3. The lowest BCUT2D eigenvalue weighted by Gasteiger charge is -2.66.